The summed E-state index contributed by atoms with van der Waals surface area (Å²) < 4.78 is 27.4. The fourth-order valence-electron chi connectivity index (χ4n) is 5.43. The number of amides is 1. The molecule has 0 spiro atoms. The predicted octanol–water partition coefficient (Wildman–Crippen LogP) is 6.45. The van der Waals surface area contributed by atoms with Gasteiger partial charge in [0.1, 0.15) is 0 Å². The zero-order valence-electron chi connectivity index (χ0n) is 20.8. The summed E-state index contributed by atoms with van der Waals surface area (Å²) >= 11 is 12.6. The van der Waals surface area contributed by atoms with Gasteiger partial charge in [0.05, 0.1) is 11.3 Å². The third kappa shape index (κ3) is 5.67. The van der Waals surface area contributed by atoms with Gasteiger partial charge in [-0.3, -0.25) is 4.79 Å². The fourth-order valence-corrected chi connectivity index (χ4v) is 7.37. The molecule has 0 bridgehead atoms. The molecule has 2 aromatic rings. The first-order chi connectivity index (χ1) is 17.2. The van der Waals surface area contributed by atoms with Crippen LogP contribution in [0.5, 0.6) is 0 Å². The van der Waals surface area contributed by atoms with Gasteiger partial charge in [-0.1, -0.05) is 60.5 Å². The molecular weight excluding hydrogens is 515 g/mol. The zero-order valence-corrected chi connectivity index (χ0v) is 23.1. The Hall–Kier alpha value is -1.86. The number of carbonyl (C=O) groups is 1. The van der Waals surface area contributed by atoms with Crippen LogP contribution in [-0.2, 0) is 14.8 Å². The molecule has 5 nitrogen and oxygen atoms in total. The summed E-state index contributed by atoms with van der Waals surface area (Å²) in [5.74, 6) is -0.224. The van der Waals surface area contributed by atoms with Crippen molar-refractivity contribution in [1.82, 2.24) is 9.21 Å². The third-order valence-corrected chi connectivity index (χ3v) is 10.3. The Bertz CT molecular complexity index is 1200. The number of halogens is 2. The van der Waals surface area contributed by atoms with Crippen LogP contribution in [0.15, 0.2) is 61.2 Å². The highest BCUT2D eigenvalue weighted by atomic mass is 35.5. The van der Waals surface area contributed by atoms with E-state index in [1.54, 1.807) is 13.1 Å². The van der Waals surface area contributed by atoms with E-state index in [4.69, 9.17) is 23.2 Å². The molecule has 0 N–H and O–H groups in total. The molecule has 2 aromatic carbocycles. The summed E-state index contributed by atoms with van der Waals surface area (Å²) in [4.78, 5) is 16.0. The van der Waals surface area contributed by atoms with E-state index in [-0.39, 0.29) is 41.6 Å². The maximum absolute atomic E-state index is 14.0. The summed E-state index contributed by atoms with van der Waals surface area (Å²) in [6.45, 7) is 6.16. The van der Waals surface area contributed by atoms with Gasteiger partial charge in [0.25, 0.3) is 0 Å². The maximum Gasteiger partial charge on any atom is 0.226 e. The lowest BCUT2D eigenvalue weighted by Gasteiger charge is -2.49. The average Bonchev–Trinajstić information content (AvgIpc) is 3.70. The van der Waals surface area contributed by atoms with Gasteiger partial charge in [-0.25, -0.2) is 12.7 Å². The van der Waals surface area contributed by atoms with E-state index in [2.05, 4.69) is 12.6 Å². The Morgan fingerprint density at radius 2 is 1.81 bits per heavy atom. The molecule has 1 saturated heterocycles. The second-order valence-electron chi connectivity index (χ2n) is 9.95. The summed E-state index contributed by atoms with van der Waals surface area (Å²) in [6, 6.07) is 14.9. The number of likely N-dealkylation sites (tertiary alicyclic amines) is 1. The van der Waals surface area contributed by atoms with Crippen molar-refractivity contribution in [3.05, 3.63) is 82.4 Å². The molecule has 1 saturated carbocycles. The van der Waals surface area contributed by atoms with Crippen LogP contribution in [0.3, 0.4) is 0 Å². The van der Waals surface area contributed by atoms with Gasteiger partial charge in [0.2, 0.25) is 15.9 Å². The van der Waals surface area contributed by atoms with Crippen LogP contribution in [0.25, 0.3) is 0 Å². The molecule has 2 fully saturated rings. The molecule has 2 aliphatic rings. The Morgan fingerprint density at radius 3 is 2.39 bits per heavy atom. The van der Waals surface area contributed by atoms with Gasteiger partial charge in [-0.2, -0.15) is 0 Å². The van der Waals surface area contributed by atoms with E-state index in [0.717, 1.165) is 11.1 Å². The lowest BCUT2D eigenvalue weighted by atomic mass is 9.74. The molecule has 194 valence electrons. The summed E-state index contributed by atoms with van der Waals surface area (Å²) in [5, 5.41) is 0.976. The van der Waals surface area contributed by atoms with Gasteiger partial charge in [0.15, 0.2) is 0 Å². The van der Waals surface area contributed by atoms with Gasteiger partial charge >= 0.3 is 0 Å². The molecule has 4 atom stereocenters. The average molecular weight is 550 g/mol. The molecule has 0 radical (unpaired) electrons. The minimum absolute atomic E-state index is 0.0214. The monoisotopic (exact) mass is 548 g/mol. The minimum atomic E-state index is -3.37. The molecule has 1 amide bonds. The number of nitrogens with zero attached hydrogens (tertiary/aromatic N) is 2. The van der Waals surface area contributed by atoms with Crippen molar-refractivity contribution in [3.8, 4) is 0 Å². The highest BCUT2D eigenvalue weighted by Crippen LogP contribution is 2.48. The molecule has 1 heterocycles. The molecular formula is C28H34Cl2N2O3S. The molecule has 1 aliphatic carbocycles. The predicted molar refractivity (Wildman–Crippen MR) is 147 cm³/mol. The highest BCUT2D eigenvalue weighted by Gasteiger charge is 2.46. The Kier molecular flexibility index (Phi) is 8.50. The maximum atomic E-state index is 14.0. The molecule has 2 unspecified atom stereocenters. The van der Waals surface area contributed by atoms with E-state index in [1.165, 1.54) is 4.31 Å². The van der Waals surface area contributed by atoms with Crippen molar-refractivity contribution in [2.75, 3.05) is 13.6 Å². The topological polar surface area (TPSA) is 57.7 Å². The van der Waals surface area contributed by atoms with Gasteiger partial charge in [-0.15, -0.1) is 6.58 Å². The van der Waals surface area contributed by atoms with Crippen molar-refractivity contribution in [1.29, 1.82) is 0 Å². The molecule has 0 aromatic heterocycles. The quantitative estimate of drug-likeness (QED) is 0.320. The smallest absolute Gasteiger partial charge is 0.226 e. The number of hydrogen-bond acceptors (Lipinski definition) is 3. The molecule has 36 heavy (non-hydrogen) atoms. The van der Waals surface area contributed by atoms with Crippen molar-refractivity contribution in [2.45, 2.75) is 62.3 Å². The number of piperidine rings is 1. The van der Waals surface area contributed by atoms with Crippen molar-refractivity contribution >= 4 is 39.1 Å². The number of carbonyl (C=O) groups excluding carboxylic acids is 1. The van der Waals surface area contributed by atoms with E-state index in [1.807, 2.05) is 54.3 Å². The van der Waals surface area contributed by atoms with E-state index >= 15 is 0 Å². The molecule has 1 aliphatic heterocycles. The summed E-state index contributed by atoms with van der Waals surface area (Å²) in [5.41, 5.74) is 2.03. The first-order valence-corrected chi connectivity index (χ1v) is 14.8. The van der Waals surface area contributed by atoms with Crippen molar-refractivity contribution < 1.29 is 13.2 Å². The molecule has 4 rings (SSSR count). The number of hydrogen-bond donors (Lipinski definition) is 0. The van der Waals surface area contributed by atoms with Crippen LogP contribution < -0.4 is 0 Å². The van der Waals surface area contributed by atoms with E-state index in [9.17, 15) is 13.2 Å². The van der Waals surface area contributed by atoms with Crippen LogP contribution in [0, 0.1) is 5.92 Å². The summed E-state index contributed by atoms with van der Waals surface area (Å²) in [6.07, 6.45) is 5.05. The van der Waals surface area contributed by atoms with Crippen molar-refractivity contribution in [3.63, 3.8) is 0 Å². The summed E-state index contributed by atoms with van der Waals surface area (Å²) in [7, 11) is -1.73. The third-order valence-electron chi connectivity index (χ3n) is 7.48. The Labute approximate surface area is 225 Å². The lowest BCUT2D eigenvalue weighted by molar-refractivity contribution is -0.147. The Morgan fingerprint density at radius 1 is 1.11 bits per heavy atom. The number of allylic oxidation sites excluding steroid dienone is 1. The number of rotatable bonds is 10. The first kappa shape index (κ1) is 27.2. The zero-order chi connectivity index (χ0) is 26.0. The van der Waals surface area contributed by atoms with Crippen LogP contribution >= 0.6 is 23.2 Å². The van der Waals surface area contributed by atoms with E-state index < -0.39 is 10.0 Å². The van der Waals surface area contributed by atoms with Gasteiger partial charge < -0.3 is 4.90 Å². The van der Waals surface area contributed by atoms with Gasteiger partial charge in [0, 0.05) is 41.5 Å². The largest absolute Gasteiger partial charge is 0.330 e. The van der Waals surface area contributed by atoms with Crippen LogP contribution in [0.1, 0.15) is 62.1 Å². The second-order valence-corrected chi connectivity index (χ2v) is 13.1. The van der Waals surface area contributed by atoms with Crippen LogP contribution in [0.4, 0.5) is 0 Å². The van der Waals surface area contributed by atoms with Crippen molar-refractivity contribution in [2.24, 2.45) is 5.92 Å². The highest BCUT2D eigenvalue weighted by molar-refractivity contribution is 7.90. The first-order valence-electron chi connectivity index (χ1n) is 12.6. The van der Waals surface area contributed by atoms with Gasteiger partial charge in [-0.05, 0) is 67.5 Å². The minimum Gasteiger partial charge on any atom is -0.330 e. The number of sulfonamides is 1. The van der Waals surface area contributed by atoms with E-state index in [0.29, 0.717) is 42.1 Å². The normalized spacial score (nSPS) is 23.6. The van der Waals surface area contributed by atoms with Crippen LogP contribution in [-0.4, -0.2) is 48.4 Å². The lowest BCUT2D eigenvalue weighted by Crippen LogP contribution is -2.54. The fraction of sp³-hybridized carbons (Fsp3) is 0.464. The molecule has 8 heteroatoms. The second kappa shape index (κ2) is 11.3. The number of benzene rings is 2. The Balaban J connectivity index is 1.80. The standard InChI is InChI=1S/C28H34Cl2N2O3S/c1-4-7-21-17-26(20-8-6-9-23(30)16-20)27(19-10-12-22(29)13-11-19)32(28(21)33)24(5-2)18-31(3)36(34,35)25-14-15-25/h4,6,8-13,16,21,24-27H,1,5,7,14-15,17-18H2,2-3H3/t21-,24?,26?,27-/m1/s1. The SMILES string of the molecule is C=CC[C@@H]1CC(c2cccc(Cl)c2)[C@@H](c2ccc(Cl)cc2)N(C(CC)CN(C)S(=O)(=O)C2CC2)C1=O. The number of likely N-dealkylation sites (N-methyl/N-ethyl adjacent to an activating group) is 1. The van der Waals surface area contributed by atoms with Crippen LogP contribution in [0.2, 0.25) is 10.0 Å².